The Kier molecular flexibility index (Phi) is 5.02. The molecular formula is C19H13FN6. The SMILES string of the molecule is N#CCc1ccc(Nc2nc(Nc3ccc(C#N)cc3)ncc2F)cc1. The quantitative estimate of drug-likeness (QED) is 0.725. The van der Waals surface area contributed by atoms with Gasteiger partial charge in [0.1, 0.15) is 0 Å². The highest BCUT2D eigenvalue weighted by Crippen LogP contribution is 2.21. The summed E-state index contributed by atoms with van der Waals surface area (Å²) in [6.07, 6.45) is 1.40. The molecule has 3 rings (SSSR count). The molecule has 6 nitrogen and oxygen atoms in total. The monoisotopic (exact) mass is 344 g/mol. The number of nitriles is 2. The minimum Gasteiger partial charge on any atom is -0.338 e. The molecular weight excluding hydrogens is 331 g/mol. The molecule has 1 aromatic heterocycles. The lowest BCUT2D eigenvalue weighted by Gasteiger charge is -2.10. The highest BCUT2D eigenvalue weighted by molar-refractivity contribution is 5.60. The molecule has 3 aromatic rings. The van der Waals surface area contributed by atoms with Crippen molar-refractivity contribution in [2.45, 2.75) is 6.42 Å². The lowest BCUT2D eigenvalue weighted by molar-refractivity contribution is 0.619. The minimum atomic E-state index is -0.587. The standard InChI is InChI=1S/C19H13FN6/c20-17-12-23-19(25-16-7-3-14(11-22)4-8-16)26-18(17)24-15-5-1-13(2-6-15)9-10-21/h1-8,12H,9H2,(H2,23,24,25,26). The molecule has 0 aliphatic carbocycles. The van der Waals surface area contributed by atoms with Crippen LogP contribution < -0.4 is 10.6 Å². The van der Waals surface area contributed by atoms with Gasteiger partial charge in [0.15, 0.2) is 11.6 Å². The van der Waals surface area contributed by atoms with Crippen molar-refractivity contribution in [2.75, 3.05) is 10.6 Å². The highest BCUT2D eigenvalue weighted by Gasteiger charge is 2.08. The molecule has 0 amide bonds. The normalized spacial score (nSPS) is 9.81. The first kappa shape index (κ1) is 16.9. The summed E-state index contributed by atoms with van der Waals surface area (Å²) in [7, 11) is 0. The lowest BCUT2D eigenvalue weighted by Crippen LogP contribution is -2.03. The van der Waals surface area contributed by atoms with Gasteiger partial charge in [-0.15, -0.1) is 0 Å². The van der Waals surface area contributed by atoms with Crippen LogP contribution in [0.2, 0.25) is 0 Å². The molecule has 126 valence electrons. The third-order valence-corrected chi connectivity index (χ3v) is 3.51. The minimum absolute atomic E-state index is 0.0316. The van der Waals surface area contributed by atoms with E-state index < -0.39 is 5.82 Å². The lowest BCUT2D eigenvalue weighted by atomic mass is 10.1. The molecule has 26 heavy (non-hydrogen) atoms. The van der Waals surface area contributed by atoms with E-state index in [1.807, 2.05) is 6.07 Å². The Bertz CT molecular complexity index is 985. The first-order chi connectivity index (χ1) is 12.7. The number of rotatable bonds is 5. The van der Waals surface area contributed by atoms with Gasteiger partial charge in [-0.05, 0) is 42.0 Å². The van der Waals surface area contributed by atoms with Gasteiger partial charge < -0.3 is 10.6 Å². The first-order valence-corrected chi connectivity index (χ1v) is 7.70. The number of anilines is 4. The third kappa shape index (κ3) is 4.11. The molecule has 7 heteroatoms. The van der Waals surface area contributed by atoms with Crippen LogP contribution in [0.15, 0.2) is 54.7 Å². The van der Waals surface area contributed by atoms with Crippen LogP contribution >= 0.6 is 0 Å². The summed E-state index contributed by atoms with van der Waals surface area (Å²) in [6, 6.07) is 17.9. The zero-order valence-corrected chi connectivity index (χ0v) is 13.6. The molecule has 2 N–H and O–H groups in total. The molecule has 0 saturated heterocycles. The molecule has 0 unspecified atom stereocenters. The number of halogens is 1. The average molecular weight is 344 g/mol. The second-order valence-electron chi connectivity index (χ2n) is 5.36. The van der Waals surface area contributed by atoms with Crippen molar-refractivity contribution in [1.29, 1.82) is 10.5 Å². The number of benzene rings is 2. The van der Waals surface area contributed by atoms with Crippen LogP contribution in [0.3, 0.4) is 0 Å². The fourth-order valence-electron chi connectivity index (χ4n) is 2.21. The second-order valence-corrected chi connectivity index (χ2v) is 5.36. The van der Waals surface area contributed by atoms with Crippen LogP contribution in [0.25, 0.3) is 0 Å². The van der Waals surface area contributed by atoms with E-state index in [9.17, 15) is 4.39 Å². The molecule has 0 saturated carbocycles. The Morgan fingerprint density at radius 2 is 1.58 bits per heavy atom. The van der Waals surface area contributed by atoms with E-state index in [2.05, 4.69) is 26.7 Å². The largest absolute Gasteiger partial charge is 0.338 e. The van der Waals surface area contributed by atoms with Gasteiger partial charge in [0.25, 0.3) is 0 Å². The highest BCUT2D eigenvalue weighted by atomic mass is 19.1. The predicted octanol–water partition coefficient (Wildman–Crippen LogP) is 4.04. The molecule has 0 atom stereocenters. The molecule has 0 radical (unpaired) electrons. The Balaban J connectivity index is 1.76. The third-order valence-electron chi connectivity index (χ3n) is 3.51. The zero-order chi connectivity index (χ0) is 18.4. The molecule has 0 bridgehead atoms. The van der Waals surface area contributed by atoms with Crippen LogP contribution in [0.1, 0.15) is 11.1 Å². The van der Waals surface area contributed by atoms with E-state index >= 15 is 0 Å². The average Bonchev–Trinajstić information content (AvgIpc) is 2.67. The van der Waals surface area contributed by atoms with Crippen molar-refractivity contribution >= 4 is 23.1 Å². The Labute approximate surface area is 149 Å². The van der Waals surface area contributed by atoms with Crippen molar-refractivity contribution in [3.05, 3.63) is 71.7 Å². The number of nitrogens with one attached hydrogen (secondary N) is 2. The van der Waals surface area contributed by atoms with Gasteiger partial charge >= 0.3 is 0 Å². The Morgan fingerprint density at radius 1 is 0.923 bits per heavy atom. The Morgan fingerprint density at radius 3 is 2.23 bits per heavy atom. The molecule has 0 spiro atoms. The van der Waals surface area contributed by atoms with Gasteiger partial charge in [-0.2, -0.15) is 15.5 Å². The summed E-state index contributed by atoms with van der Waals surface area (Å²) in [5.41, 5.74) is 2.75. The summed E-state index contributed by atoms with van der Waals surface area (Å²) in [5.74, 6) is -0.333. The summed E-state index contributed by atoms with van der Waals surface area (Å²) < 4.78 is 14.0. The summed E-state index contributed by atoms with van der Waals surface area (Å²) >= 11 is 0. The van der Waals surface area contributed by atoms with Crippen LogP contribution in [-0.2, 0) is 6.42 Å². The molecule has 0 aliphatic rings. The predicted molar refractivity (Wildman–Crippen MR) is 95.5 cm³/mol. The summed E-state index contributed by atoms with van der Waals surface area (Å²) in [5, 5.41) is 23.4. The topological polar surface area (TPSA) is 97.4 Å². The molecule has 0 fully saturated rings. The first-order valence-electron chi connectivity index (χ1n) is 7.70. The van der Waals surface area contributed by atoms with Crippen LogP contribution in [0, 0.1) is 28.5 Å². The van der Waals surface area contributed by atoms with Crippen molar-refractivity contribution < 1.29 is 4.39 Å². The van der Waals surface area contributed by atoms with Gasteiger partial charge in [-0.3, -0.25) is 0 Å². The fourth-order valence-corrected chi connectivity index (χ4v) is 2.21. The van der Waals surface area contributed by atoms with Gasteiger partial charge in [0.05, 0.1) is 30.3 Å². The van der Waals surface area contributed by atoms with Crippen LogP contribution in [-0.4, -0.2) is 9.97 Å². The maximum absolute atomic E-state index is 14.0. The van der Waals surface area contributed by atoms with E-state index in [-0.39, 0.29) is 11.8 Å². The molecule has 2 aromatic carbocycles. The maximum Gasteiger partial charge on any atom is 0.229 e. The van der Waals surface area contributed by atoms with E-state index in [1.165, 1.54) is 0 Å². The van der Waals surface area contributed by atoms with E-state index in [1.54, 1.807) is 48.5 Å². The number of nitrogens with zero attached hydrogens (tertiary/aromatic N) is 4. The Hall–Kier alpha value is -3.97. The number of hydrogen-bond donors (Lipinski definition) is 2. The van der Waals surface area contributed by atoms with Crippen LogP contribution in [0.5, 0.6) is 0 Å². The van der Waals surface area contributed by atoms with Gasteiger partial charge in [0.2, 0.25) is 5.95 Å². The molecule has 0 aliphatic heterocycles. The van der Waals surface area contributed by atoms with Crippen molar-refractivity contribution in [2.24, 2.45) is 0 Å². The number of aromatic nitrogens is 2. The molecule has 1 heterocycles. The smallest absolute Gasteiger partial charge is 0.229 e. The van der Waals surface area contributed by atoms with Gasteiger partial charge in [-0.25, -0.2) is 9.37 Å². The van der Waals surface area contributed by atoms with Crippen LogP contribution in [0.4, 0.5) is 27.5 Å². The summed E-state index contributed by atoms with van der Waals surface area (Å²) in [4.78, 5) is 8.06. The van der Waals surface area contributed by atoms with Gasteiger partial charge in [0, 0.05) is 11.4 Å². The number of hydrogen-bond acceptors (Lipinski definition) is 6. The zero-order valence-electron chi connectivity index (χ0n) is 13.6. The van der Waals surface area contributed by atoms with Gasteiger partial charge in [-0.1, -0.05) is 12.1 Å². The van der Waals surface area contributed by atoms with E-state index in [0.717, 1.165) is 11.8 Å². The fraction of sp³-hybridized carbons (Fsp3) is 0.0526. The maximum atomic E-state index is 14.0. The van der Waals surface area contributed by atoms with Crippen molar-refractivity contribution in [3.8, 4) is 12.1 Å². The second kappa shape index (κ2) is 7.73. The summed E-state index contributed by atoms with van der Waals surface area (Å²) in [6.45, 7) is 0. The van der Waals surface area contributed by atoms with E-state index in [4.69, 9.17) is 10.5 Å². The van der Waals surface area contributed by atoms with E-state index in [0.29, 0.717) is 23.4 Å². The van der Waals surface area contributed by atoms with Crippen molar-refractivity contribution in [3.63, 3.8) is 0 Å². The van der Waals surface area contributed by atoms with Crippen molar-refractivity contribution in [1.82, 2.24) is 9.97 Å².